The maximum absolute atomic E-state index is 11.0. The van der Waals surface area contributed by atoms with Crippen LogP contribution in [0.2, 0.25) is 0 Å². The maximum atomic E-state index is 11.0. The number of hydrogen-bond acceptors (Lipinski definition) is 7. The third-order valence-electron chi connectivity index (χ3n) is 3.27. The maximum Gasteiger partial charge on any atom is 0.260 e. The van der Waals surface area contributed by atoms with E-state index in [2.05, 4.69) is 21.0 Å². The first-order chi connectivity index (χ1) is 11.1. The number of nitrogens with two attached hydrogens (primary N) is 2. The number of hydrogen-bond donors (Lipinski definition) is 3. The molecule has 0 saturated carbocycles. The normalized spacial score (nSPS) is 10.6. The molecule has 0 aliphatic rings. The molecule has 1 aromatic heterocycles. The standard InChI is InChI=1S/C14H15N7O2/c15-13(22)8-23-12-6-5-9-3-1-2-4-10(9)11(12)7-17-21-14(16)18-19-20-21/h1-6,17H,7-8H2,(H2,15,22)(H2,16,18,20). The Hall–Kier alpha value is -3.36. The SMILES string of the molecule is NC(=O)COc1ccc2ccccc2c1CNn1nnnc1N. The summed E-state index contributed by atoms with van der Waals surface area (Å²) in [4.78, 5) is 12.2. The summed E-state index contributed by atoms with van der Waals surface area (Å²) < 4.78 is 5.50. The van der Waals surface area contributed by atoms with Crippen LogP contribution in [-0.2, 0) is 11.3 Å². The summed E-state index contributed by atoms with van der Waals surface area (Å²) in [6.45, 7) is 0.156. The van der Waals surface area contributed by atoms with Crippen molar-refractivity contribution in [1.82, 2.24) is 20.3 Å². The van der Waals surface area contributed by atoms with Crippen LogP contribution in [0.1, 0.15) is 5.56 Å². The van der Waals surface area contributed by atoms with Gasteiger partial charge in [0.2, 0.25) is 0 Å². The number of aromatic nitrogens is 4. The number of nitrogen functional groups attached to an aromatic ring is 1. The molecular formula is C14H15N7O2. The molecule has 0 bridgehead atoms. The molecule has 0 fully saturated rings. The second-order valence-corrected chi connectivity index (χ2v) is 4.80. The van der Waals surface area contributed by atoms with Gasteiger partial charge in [0.05, 0.1) is 6.54 Å². The van der Waals surface area contributed by atoms with Crippen LogP contribution in [0.25, 0.3) is 10.8 Å². The number of amides is 1. The average molecular weight is 313 g/mol. The molecule has 0 aliphatic carbocycles. The molecule has 2 aromatic carbocycles. The van der Waals surface area contributed by atoms with E-state index in [0.717, 1.165) is 16.3 Å². The molecule has 0 aliphatic heterocycles. The largest absolute Gasteiger partial charge is 0.483 e. The molecular weight excluding hydrogens is 298 g/mol. The predicted octanol–water partition coefficient (Wildman–Crippen LogP) is 0.0163. The molecule has 23 heavy (non-hydrogen) atoms. The Labute approximate surface area is 131 Å². The van der Waals surface area contributed by atoms with E-state index in [1.807, 2.05) is 30.3 Å². The third kappa shape index (κ3) is 3.12. The van der Waals surface area contributed by atoms with Crippen molar-refractivity contribution in [3.8, 4) is 5.75 Å². The fraction of sp³-hybridized carbons (Fsp3) is 0.143. The molecule has 9 heteroatoms. The summed E-state index contributed by atoms with van der Waals surface area (Å²) >= 11 is 0. The van der Waals surface area contributed by atoms with Crippen molar-refractivity contribution in [2.45, 2.75) is 6.54 Å². The first-order valence-electron chi connectivity index (χ1n) is 6.84. The summed E-state index contributed by atoms with van der Waals surface area (Å²) in [5, 5.41) is 12.8. The van der Waals surface area contributed by atoms with E-state index in [-0.39, 0.29) is 12.6 Å². The summed E-state index contributed by atoms with van der Waals surface area (Å²) in [7, 11) is 0. The number of tetrazole rings is 1. The minimum atomic E-state index is -0.540. The Kier molecular flexibility index (Phi) is 3.91. The molecule has 9 nitrogen and oxygen atoms in total. The lowest BCUT2D eigenvalue weighted by Crippen LogP contribution is -2.22. The van der Waals surface area contributed by atoms with E-state index in [9.17, 15) is 4.79 Å². The van der Waals surface area contributed by atoms with Crippen molar-refractivity contribution in [3.05, 3.63) is 42.0 Å². The van der Waals surface area contributed by atoms with Crippen LogP contribution >= 0.6 is 0 Å². The van der Waals surface area contributed by atoms with Crippen molar-refractivity contribution in [3.63, 3.8) is 0 Å². The molecule has 0 unspecified atom stereocenters. The van der Waals surface area contributed by atoms with Gasteiger partial charge >= 0.3 is 0 Å². The van der Waals surface area contributed by atoms with Gasteiger partial charge in [-0.25, -0.2) is 0 Å². The first kappa shape index (κ1) is 14.6. The van der Waals surface area contributed by atoms with Gasteiger partial charge < -0.3 is 21.6 Å². The number of nitrogens with one attached hydrogen (secondary N) is 1. The molecule has 0 atom stereocenters. The topological polar surface area (TPSA) is 134 Å². The van der Waals surface area contributed by atoms with Gasteiger partial charge in [-0.15, -0.1) is 4.79 Å². The number of primary amides is 1. The summed E-state index contributed by atoms with van der Waals surface area (Å²) in [5.41, 5.74) is 14.6. The summed E-state index contributed by atoms with van der Waals surface area (Å²) in [6.07, 6.45) is 0. The van der Waals surface area contributed by atoms with Gasteiger partial charge in [0.1, 0.15) is 5.75 Å². The van der Waals surface area contributed by atoms with Crippen molar-refractivity contribution in [1.29, 1.82) is 0 Å². The van der Waals surface area contributed by atoms with Gasteiger partial charge in [-0.2, -0.15) is 0 Å². The Balaban J connectivity index is 1.94. The lowest BCUT2D eigenvalue weighted by molar-refractivity contribution is -0.119. The van der Waals surface area contributed by atoms with Crippen LogP contribution in [0.4, 0.5) is 5.95 Å². The predicted molar refractivity (Wildman–Crippen MR) is 83.9 cm³/mol. The zero-order valence-corrected chi connectivity index (χ0v) is 12.1. The number of carbonyl (C=O) groups excluding carboxylic acids is 1. The first-order valence-corrected chi connectivity index (χ1v) is 6.84. The van der Waals surface area contributed by atoms with Gasteiger partial charge in [-0.05, 0) is 27.3 Å². The fourth-order valence-electron chi connectivity index (χ4n) is 2.24. The Morgan fingerprint density at radius 2 is 2.09 bits per heavy atom. The van der Waals surface area contributed by atoms with E-state index in [1.165, 1.54) is 4.79 Å². The number of fused-ring (bicyclic) bond motifs is 1. The van der Waals surface area contributed by atoms with Gasteiger partial charge in [0, 0.05) is 5.56 Å². The highest BCUT2D eigenvalue weighted by molar-refractivity contribution is 5.88. The lowest BCUT2D eigenvalue weighted by Gasteiger charge is -2.14. The average Bonchev–Trinajstić information content (AvgIpc) is 2.96. The highest BCUT2D eigenvalue weighted by atomic mass is 16.5. The van der Waals surface area contributed by atoms with Crippen LogP contribution in [0, 0.1) is 0 Å². The molecule has 118 valence electrons. The second kappa shape index (κ2) is 6.18. The highest BCUT2D eigenvalue weighted by Crippen LogP contribution is 2.28. The number of carbonyl (C=O) groups is 1. The third-order valence-corrected chi connectivity index (χ3v) is 3.27. The Morgan fingerprint density at radius 3 is 2.83 bits per heavy atom. The lowest BCUT2D eigenvalue weighted by atomic mass is 10.0. The molecule has 1 amide bonds. The number of ether oxygens (including phenoxy) is 1. The molecule has 3 rings (SSSR count). The van der Waals surface area contributed by atoms with Gasteiger partial charge in [0.25, 0.3) is 11.9 Å². The van der Waals surface area contributed by atoms with Gasteiger partial charge in [-0.3, -0.25) is 4.79 Å². The monoisotopic (exact) mass is 313 g/mol. The van der Waals surface area contributed by atoms with Crippen molar-refractivity contribution < 1.29 is 9.53 Å². The van der Waals surface area contributed by atoms with Crippen LogP contribution in [-0.4, -0.2) is 32.8 Å². The van der Waals surface area contributed by atoms with Crippen molar-refractivity contribution in [2.24, 2.45) is 5.73 Å². The fourth-order valence-corrected chi connectivity index (χ4v) is 2.24. The van der Waals surface area contributed by atoms with Gasteiger partial charge in [0.15, 0.2) is 6.61 Å². The number of benzene rings is 2. The summed E-state index contributed by atoms with van der Waals surface area (Å²) in [6, 6.07) is 11.5. The number of nitrogens with zero attached hydrogens (tertiary/aromatic N) is 4. The molecule has 1 heterocycles. The number of anilines is 1. The zero-order chi connectivity index (χ0) is 16.2. The van der Waals surface area contributed by atoms with E-state index in [1.54, 1.807) is 6.07 Å². The van der Waals surface area contributed by atoms with Crippen molar-refractivity contribution >= 4 is 22.6 Å². The minimum Gasteiger partial charge on any atom is -0.483 e. The molecule has 0 saturated heterocycles. The van der Waals surface area contributed by atoms with Crippen LogP contribution in [0.3, 0.4) is 0 Å². The second-order valence-electron chi connectivity index (χ2n) is 4.80. The van der Waals surface area contributed by atoms with Crippen molar-refractivity contribution in [2.75, 3.05) is 17.8 Å². The van der Waals surface area contributed by atoms with E-state index in [4.69, 9.17) is 16.2 Å². The van der Waals surface area contributed by atoms with Crippen LogP contribution in [0.15, 0.2) is 36.4 Å². The van der Waals surface area contributed by atoms with E-state index in [0.29, 0.717) is 12.3 Å². The van der Waals surface area contributed by atoms with Crippen LogP contribution < -0.4 is 21.6 Å². The number of rotatable bonds is 6. The Morgan fingerprint density at radius 1 is 1.26 bits per heavy atom. The molecule has 0 radical (unpaired) electrons. The highest BCUT2D eigenvalue weighted by Gasteiger charge is 2.11. The molecule has 0 spiro atoms. The smallest absolute Gasteiger partial charge is 0.260 e. The minimum absolute atomic E-state index is 0.143. The Bertz CT molecular complexity index is 846. The quantitative estimate of drug-likeness (QED) is 0.583. The van der Waals surface area contributed by atoms with Gasteiger partial charge in [-0.1, -0.05) is 35.4 Å². The zero-order valence-electron chi connectivity index (χ0n) is 12.1. The van der Waals surface area contributed by atoms with E-state index < -0.39 is 5.91 Å². The van der Waals surface area contributed by atoms with E-state index >= 15 is 0 Å². The van der Waals surface area contributed by atoms with Crippen LogP contribution in [0.5, 0.6) is 5.75 Å². The molecule has 3 aromatic rings. The molecule has 5 N–H and O–H groups in total. The summed E-state index contributed by atoms with van der Waals surface area (Å²) in [5.74, 6) is 0.160.